The summed E-state index contributed by atoms with van der Waals surface area (Å²) in [6.45, 7) is 0. The van der Waals surface area contributed by atoms with Gasteiger partial charge in [-0.3, -0.25) is 0 Å². The van der Waals surface area contributed by atoms with Crippen LogP contribution in [0.3, 0.4) is 0 Å². The van der Waals surface area contributed by atoms with Crippen LogP contribution in [0.5, 0.6) is 0 Å². The van der Waals surface area contributed by atoms with Crippen molar-refractivity contribution in [3.05, 3.63) is 109 Å². The SMILES string of the molecule is [Ir].[c-]1ccccc1-c1ccc(C23CC4CC(CC(C4)C2)C3)cn1.[c-]1ccccc1-c1ccccn1. The number of rotatable bonds is 3. The van der Waals surface area contributed by atoms with Gasteiger partial charge in [0.1, 0.15) is 0 Å². The van der Waals surface area contributed by atoms with Crippen LogP contribution in [0.25, 0.3) is 22.5 Å². The van der Waals surface area contributed by atoms with E-state index in [0.29, 0.717) is 5.41 Å². The maximum Gasteiger partial charge on any atom is 0.0198 e. The molecule has 4 fully saturated rings. The Balaban J connectivity index is 0.000000167. The summed E-state index contributed by atoms with van der Waals surface area (Å²) in [4.78, 5) is 8.99. The second-order valence-electron chi connectivity index (χ2n) is 10.4. The molecule has 2 aromatic carbocycles. The van der Waals surface area contributed by atoms with Crippen LogP contribution in [0.1, 0.15) is 44.1 Å². The molecule has 2 nitrogen and oxygen atoms in total. The topological polar surface area (TPSA) is 25.8 Å². The zero-order valence-corrected chi connectivity index (χ0v) is 22.3. The fourth-order valence-corrected chi connectivity index (χ4v) is 6.96. The molecule has 0 spiro atoms. The zero-order valence-electron chi connectivity index (χ0n) is 19.9. The van der Waals surface area contributed by atoms with Crippen molar-refractivity contribution < 1.29 is 20.1 Å². The number of pyridine rings is 2. The van der Waals surface area contributed by atoms with E-state index in [9.17, 15) is 0 Å². The van der Waals surface area contributed by atoms with Gasteiger partial charge in [0, 0.05) is 32.5 Å². The molecule has 4 aliphatic rings. The van der Waals surface area contributed by atoms with Gasteiger partial charge in [-0.15, -0.1) is 71.8 Å². The van der Waals surface area contributed by atoms with Gasteiger partial charge in [0.25, 0.3) is 0 Å². The van der Waals surface area contributed by atoms with E-state index in [1.165, 1.54) is 44.1 Å². The monoisotopic (exact) mass is 635 g/mol. The van der Waals surface area contributed by atoms with Gasteiger partial charge in [-0.05, 0) is 84.7 Å². The van der Waals surface area contributed by atoms with Gasteiger partial charge >= 0.3 is 0 Å². The molecule has 4 bridgehead atoms. The number of hydrogen-bond donors (Lipinski definition) is 0. The molecule has 0 amide bonds. The summed E-state index contributed by atoms with van der Waals surface area (Å²) in [5, 5.41) is 0. The Bertz CT molecular complexity index is 1130. The van der Waals surface area contributed by atoms with E-state index in [1.54, 1.807) is 6.20 Å². The normalized spacial score (nSPS) is 25.8. The summed E-state index contributed by atoms with van der Waals surface area (Å²) in [6.07, 6.45) is 12.7. The maximum atomic E-state index is 4.77. The first-order valence-electron chi connectivity index (χ1n) is 12.6. The fourth-order valence-electron chi connectivity index (χ4n) is 6.96. The van der Waals surface area contributed by atoms with Crippen LogP contribution in [-0.4, -0.2) is 9.97 Å². The van der Waals surface area contributed by atoms with Crippen molar-refractivity contribution >= 4 is 0 Å². The summed E-state index contributed by atoms with van der Waals surface area (Å²) in [7, 11) is 0. The molecule has 2 aromatic heterocycles. The molecule has 0 N–H and O–H groups in total. The standard InChI is InChI=1S/C21H22N.C11H8N.Ir/c1-2-4-18(5-3-1)20-7-6-19(14-22-20)21-11-15-8-16(12-21)10-17(9-15)13-21;1-2-6-10(7-3-1)11-8-4-5-9-12-11;/h1-4,6-7,14-17H,8-13H2;1-6,8-9H;/q2*-1;. The van der Waals surface area contributed by atoms with Gasteiger partial charge in [0.05, 0.1) is 0 Å². The molecule has 0 unspecified atom stereocenters. The molecule has 1 radical (unpaired) electrons. The van der Waals surface area contributed by atoms with Crippen LogP contribution >= 0.6 is 0 Å². The van der Waals surface area contributed by atoms with Crippen LogP contribution in [0.2, 0.25) is 0 Å². The Kier molecular flexibility index (Phi) is 7.27. The van der Waals surface area contributed by atoms with Crippen molar-refractivity contribution in [2.75, 3.05) is 0 Å². The van der Waals surface area contributed by atoms with E-state index in [0.717, 1.165) is 40.3 Å². The third-order valence-electron chi connectivity index (χ3n) is 8.05. The maximum absolute atomic E-state index is 4.77. The summed E-state index contributed by atoms with van der Waals surface area (Å²) in [5.41, 5.74) is 6.12. The van der Waals surface area contributed by atoms with Crippen LogP contribution < -0.4 is 0 Å². The van der Waals surface area contributed by atoms with E-state index < -0.39 is 0 Å². The average molecular weight is 635 g/mol. The minimum atomic E-state index is 0. The Morgan fingerprint density at radius 2 is 1.20 bits per heavy atom. The predicted molar refractivity (Wildman–Crippen MR) is 137 cm³/mol. The second kappa shape index (κ2) is 10.6. The molecular weight excluding hydrogens is 605 g/mol. The van der Waals surface area contributed by atoms with Crippen molar-refractivity contribution in [3.8, 4) is 22.5 Å². The number of hydrogen-bond acceptors (Lipinski definition) is 2. The number of nitrogens with zero attached hydrogens (tertiary/aromatic N) is 2. The average Bonchev–Trinajstić information content (AvgIpc) is 2.90. The van der Waals surface area contributed by atoms with Crippen LogP contribution in [0.4, 0.5) is 0 Å². The second-order valence-corrected chi connectivity index (χ2v) is 10.4. The van der Waals surface area contributed by atoms with E-state index >= 15 is 0 Å². The van der Waals surface area contributed by atoms with Crippen LogP contribution in [0, 0.1) is 29.9 Å². The molecule has 0 saturated heterocycles. The van der Waals surface area contributed by atoms with Crippen molar-refractivity contribution in [2.45, 2.75) is 43.9 Å². The zero-order chi connectivity index (χ0) is 22.8. The quantitative estimate of drug-likeness (QED) is 0.218. The molecule has 4 aliphatic carbocycles. The Hall–Kier alpha value is -2.61. The molecular formula is C32H30IrN2-2. The molecule has 0 atom stereocenters. The van der Waals surface area contributed by atoms with Gasteiger partial charge in [0.15, 0.2) is 0 Å². The van der Waals surface area contributed by atoms with Crippen molar-refractivity contribution in [1.29, 1.82) is 0 Å². The summed E-state index contributed by atoms with van der Waals surface area (Å²) in [5.74, 6) is 2.98. The summed E-state index contributed by atoms with van der Waals surface area (Å²) < 4.78 is 0. The smallest absolute Gasteiger partial charge is 0.0198 e. The van der Waals surface area contributed by atoms with Gasteiger partial charge in [0.2, 0.25) is 0 Å². The Morgan fingerprint density at radius 1 is 0.629 bits per heavy atom. The Morgan fingerprint density at radius 3 is 1.66 bits per heavy atom. The first-order valence-corrected chi connectivity index (χ1v) is 12.6. The van der Waals surface area contributed by atoms with Gasteiger partial charge in [-0.25, -0.2) is 0 Å². The van der Waals surface area contributed by atoms with Crippen molar-refractivity contribution in [1.82, 2.24) is 9.97 Å². The molecule has 35 heavy (non-hydrogen) atoms. The molecule has 179 valence electrons. The molecule has 4 aromatic rings. The number of benzene rings is 2. The first kappa shape index (κ1) is 24.1. The number of aromatic nitrogens is 2. The Labute approximate surface area is 222 Å². The predicted octanol–water partition coefficient (Wildman–Crippen LogP) is 7.56. The molecule has 2 heterocycles. The van der Waals surface area contributed by atoms with E-state index in [-0.39, 0.29) is 20.1 Å². The minimum Gasteiger partial charge on any atom is -0.305 e. The summed E-state index contributed by atoms with van der Waals surface area (Å²) >= 11 is 0. The largest absolute Gasteiger partial charge is 0.305 e. The molecule has 3 heteroatoms. The summed E-state index contributed by atoms with van der Waals surface area (Å²) in [6, 6.07) is 32.8. The third kappa shape index (κ3) is 5.17. The molecule has 8 rings (SSSR count). The van der Waals surface area contributed by atoms with Gasteiger partial charge < -0.3 is 9.97 Å². The van der Waals surface area contributed by atoms with Crippen LogP contribution in [0.15, 0.2) is 91.3 Å². The van der Waals surface area contributed by atoms with Crippen LogP contribution in [-0.2, 0) is 25.5 Å². The third-order valence-corrected chi connectivity index (χ3v) is 8.05. The van der Waals surface area contributed by atoms with E-state index in [2.05, 4.69) is 47.6 Å². The molecule has 0 aliphatic heterocycles. The van der Waals surface area contributed by atoms with Gasteiger partial charge in [-0.2, -0.15) is 0 Å². The van der Waals surface area contributed by atoms with Crippen molar-refractivity contribution in [2.24, 2.45) is 17.8 Å². The van der Waals surface area contributed by atoms with Crippen molar-refractivity contribution in [3.63, 3.8) is 0 Å². The minimum absolute atomic E-state index is 0. The first-order chi connectivity index (χ1) is 16.8. The van der Waals surface area contributed by atoms with E-state index in [4.69, 9.17) is 4.98 Å². The fraction of sp³-hybridized carbons (Fsp3) is 0.312. The molecule has 4 saturated carbocycles. The van der Waals surface area contributed by atoms with E-state index in [1.807, 2.05) is 54.6 Å². The van der Waals surface area contributed by atoms with Gasteiger partial charge in [-0.1, -0.05) is 24.3 Å².